The number of hydrogen-bond donors (Lipinski definition) is 1. The number of carbonyl (C=O) groups is 4. The Morgan fingerprint density at radius 2 is 1.88 bits per heavy atom. The van der Waals surface area contributed by atoms with E-state index in [1.54, 1.807) is 18.7 Å². The van der Waals surface area contributed by atoms with Gasteiger partial charge in [0.05, 0.1) is 5.69 Å². The number of anilines is 1. The maximum absolute atomic E-state index is 12.4. The summed E-state index contributed by atoms with van der Waals surface area (Å²) in [7, 11) is 0. The molecule has 2 bridgehead atoms. The van der Waals surface area contributed by atoms with E-state index in [-0.39, 0.29) is 24.3 Å². The average Bonchev–Trinajstić information content (AvgIpc) is 3.12. The monoisotopic (exact) mass is 454 g/mol. The molecule has 0 radical (unpaired) electrons. The van der Waals surface area contributed by atoms with Gasteiger partial charge >= 0.3 is 0 Å². The van der Waals surface area contributed by atoms with Crippen LogP contribution in [0.3, 0.4) is 0 Å². The van der Waals surface area contributed by atoms with Crippen molar-refractivity contribution in [3.63, 3.8) is 0 Å². The van der Waals surface area contributed by atoms with Gasteiger partial charge in [-0.2, -0.15) is 0 Å². The van der Waals surface area contributed by atoms with E-state index >= 15 is 0 Å². The molecule has 1 aliphatic heterocycles. The van der Waals surface area contributed by atoms with Crippen molar-refractivity contribution in [1.29, 1.82) is 0 Å². The molecule has 3 amide bonds. The molecule has 4 aliphatic rings. The van der Waals surface area contributed by atoms with E-state index < -0.39 is 0 Å². The number of aryl methyl sites for hydroxylation is 1. The molecule has 3 aliphatic carbocycles. The smallest absolute Gasteiger partial charge is 0.253 e. The summed E-state index contributed by atoms with van der Waals surface area (Å²) in [4.78, 5) is 50.5. The number of imide groups is 1. The van der Waals surface area contributed by atoms with Gasteiger partial charge in [-0.05, 0) is 55.6 Å². The number of aldehydes is 1. The zero-order chi connectivity index (χ0) is 22.8. The maximum Gasteiger partial charge on any atom is 0.253 e. The molecule has 32 heavy (non-hydrogen) atoms. The molecule has 0 saturated heterocycles. The van der Waals surface area contributed by atoms with Gasteiger partial charge in [-0.1, -0.05) is 25.8 Å². The number of hydrogen-bond acceptors (Lipinski definition) is 5. The number of fused-ring (bicyclic) bond motifs is 3. The molecular formula is C25H30N2O4S. The van der Waals surface area contributed by atoms with Gasteiger partial charge in [0.2, 0.25) is 5.91 Å². The minimum absolute atomic E-state index is 0.117. The lowest BCUT2D eigenvalue weighted by Gasteiger charge is -2.42. The number of benzene rings is 1. The Morgan fingerprint density at radius 1 is 1.19 bits per heavy atom. The highest BCUT2D eigenvalue weighted by molar-refractivity contribution is 8.00. The van der Waals surface area contributed by atoms with Crippen molar-refractivity contribution in [1.82, 2.24) is 4.90 Å². The van der Waals surface area contributed by atoms with E-state index in [2.05, 4.69) is 5.32 Å². The second-order valence-electron chi connectivity index (χ2n) is 9.07. The number of carbonyl (C=O) groups excluding carboxylic acids is 4. The summed E-state index contributed by atoms with van der Waals surface area (Å²) < 4.78 is 0. The lowest BCUT2D eigenvalue weighted by molar-refractivity contribution is -0.136. The normalized spacial score (nSPS) is 24.3. The first-order valence-electron chi connectivity index (χ1n) is 11.5. The molecular weight excluding hydrogens is 424 g/mol. The van der Waals surface area contributed by atoms with Crippen LogP contribution in [0.15, 0.2) is 23.1 Å². The molecule has 1 atom stereocenters. The molecule has 1 N–H and O–H groups in total. The first-order chi connectivity index (χ1) is 15.4. The summed E-state index contributed by atoms with van der Waals surface area (Å²) in [6.45, 7) is 3.94. The van der Waals surface area contributed by atoms with E-state index in [0.29, 0.717) is 35.3 Å². The first-order valence-corrected chi connectivity index (χ1v) is 12.4. The number of nitrogens with one attached hydrogen (secondary N) is 1. The number of thioether (sulfide) groups is 1. The fourth-order valence-electron chi connectivity index (χ4n) is 5.20. The predicted octanol–water partition coefficient (Wildman–Crippen LogP) is 4.29. The summed E-state index contributed by atoms with van der Waals surface area (Å²) in [6, 6.07) is 1.91. The van der Waals surface area contributed by atoms with Crippen molar-refractivity contribution in [3.8, 4) is 0 Å². The van der Waals surface area contributed by atoms with Crippen molar-refractivity contribution in [2.45, 2.75) is 68.9 Å². The lowest BCUT2D eigenvalue weighted by atomic mass is 9.70. The highest BCUT2D eigenvalue weighted by Crippen LogP contribution is 2.50. The van der Waals surface area contributed by atoms with E-state index in [1.807, 2.05) is 13.0 Å². The zero-order valence-corrected chi connectivity index (χ0v) is 19.5. The summed E-state index contributed by atoms with van der Waals surface area (Å²) in [6.07, 6.45) is 10.4. The van der Waals surface area contributed by atoms with Crippen LogP contribution in [0.2, 0.25) is 0 Å². The van der Waals surface area contributed by atoms with Gasteiger partial charge in [0.25, 0.3) is 11.8 Å². The molecule has 170 valence electrons. The standard InChI is InChI=1S/C25H30N2O4S/c1-3-21(29)26-24-18(10-11-27-22(30)8-9-23(27)31)12-15(2)19(14-28)25(24)32-20-13-16-4-6-17(20)7-5-16/h8-9,12,14,16-17,20H,3-7,10-11,13H2,1-2H3,(H,26,29). The predicted molar refractivity (Wildman–Crippen MR) is 125 cm³/mol. The molecule has 1 heterocycles. The van der Waals surface area contributed by atoms with Crippen LogP contribution < -0.4 is 5.32 Å². The van der Waals surface area contributed by atoms with Crippen LogP contribution in [0.1, 0.15) is 66.9 Å². The average molecular weight is 455 g/mol. The second-order valence-corrected chi connectivity index (χ2v) is 10.3. The molecule has 7 heteroatoms. The third-order valence-corrected chi connectivity index (χ3v) is 8.61. The second kappa shape index (κ2) is 9.61. The first kappa shape index (κ1) is 22.8. The molecule has 0 aromatic heterocycles. The fraction of sp³-hybridized carbons (Fsp3) is 0.520. The lowest BCUT2D eigenvalue weighted by Crippen LogP contribution is -2.33. The van der Waals surface area contributed by atoms with Crippen LogP contribution in [0.4, 0.5) is 5.69 Å². The van der Waals surface area contributed by atoms with Crippen molar-refractivity contribution < 1.29 is 19.2 Å². The molecule has 1 aromatic rings. The molecule has 3 saturated carbocycles. The van der Waals surface area contributed by atoms with Crippen LogP contribution in [-0.2, 0) is 20.8 Å². The molecule has 0 spiro atoms. The summed E-state index contributed by atoms with van der Waals surface area (Å²) >= 11 is 1.74. The largest absolute Gasteiger partial charge is 0.325 e. The maximum atomic E-state index is 12.4. The highest BCUT2D eigenvalue weighted by atomic mass is 32.2. The number of amides is 3. The van der Waals surface area contributed by atoms with Crippen molar-refractivity contribution in [3.05, 3.63) is 34.9 Å². The van der Waals surface area contributed by atoms with Gasteiger partial charge in [-0.3, -0.25) is 24.1 Å². The zero-order valence-electron chi connectivity index (χ0n) is 18.7. The highest BCUT2D eigenvalue weighted by Gasteiger charge is 2.37. The summed E-state index contributed by atoms with van der Waals surface area (Å²) in [5, 5.41) is 3.48. The van der Waals surface area contributed by atoms with Crippen molar-refractivity contribution in [2.24, 2.45) is 11.8 Å². The van der Waals surface area contributed by atoms with Crippen molar-refractivity contribution >= 4 is 41.5 Å². The van der Waals surface area contributed by atoms with Crippen LogP contribution in [0, 0.1) is 18.8 Å². The topological polar surface area (TPSA) is 83.6 Å². The van der Waals surface area contributed by atoms with Gasteiger partial charge in [-0.25, -0.2) is 0 Å². The third kappa shape index (κ3) is 4.53. The SMILES string of the molecule is CCC(=O)Nc1c(CCN2C(=O)C=CC2=O)cc(C)c(C=O)c1SC1CC2CCC1CC2. The van der Waals surface area contributed by atoms with E-state index in [1.165, 1.54) is 42.7 Å². The fourth-order valence-corrected chi connectivity index (χ4v) is 6.97. The summed E-state index contributed by atoms with van der Waals surface area (Å²) in [5.41, 5.74) is 3.00. The Hall–Kier alpha value is -2.41. The number of rotatable bonds is 8. The number of nitrogens with zero attached hydrogens (tertiary/aromatic N) is 1. The molecule has 1 aromatic carbocycles. The van der Waals surface area contributed by atoms with E-state index in [9.17, 15) is 19.2 Å². The van der Waals surface area contributed by atoms with Gasteiger partial charge in [0.1, 0.15) is 0 Å². The van der Waals surface area contributed by atoms with Gasteiger partial charge in [-0.15, -0.1) is 11.8 Å². The van der Waals surface area contributed by atoms with E-state index in [0.717, 1.165) is 34.6 Å². The summed E-state index contributed by atoms with van der Waals surface area (Å²) in [5.74, 6) is 0.657. The Kier molecular flexibility index (Phi) is 6.84. The molecule has 1 unspecified atom stereocenters. The molecule has 3 fully saturated rings. The minimum Gasteiger partial charge on any atom is -0.325 e. The van der Waals surface area contributed by atoms with Gasteiger partial charge in [0, 0.05) is 40.8 Å². The Morgan fingerprint density at radius 3 is 2.44 bits per heavy atom. The Bertz CT molecular complexity index is 961. The minimum atomic E-state index is -0.316. The van der Waals surface area contributed by atoms with E-state index in [4.69, 9.17) is 0 Å². The molecule has 5 rings (SSSR count). The molecule has 6 nitrogen and oxygen atoms in total. The third-order valence-electron chi connectivity index (χ3n) is 7.07. The quantitative estimate of drug-likeness (QED) is 0.468. The van der Waals surface area contributed by atoms with Crippen LogP contribution in [0.5, 0.6) is 0 Å². The van der Waals surface area contributed by atoms with Crippen molar-refractivity contribution in [2.75, 3.05) is 11.9 Å². The van der Waals surface area contributed by atoms with Crippen LogP contribution in [0.25, 0.3) is 0 Å². The Balaban J connectivity index is 1.68. The van der Waals surface area contributed by atoms with Crippen LogP contribution >= 0.6 is 11.8 Å². The van der Waals surface area contributed by atoms with Gasteiger partial charge < -0.3 is 5.32 Å². The van der Waals surface area contributed by atoms with Gasteiger partial charge in [0.15, 0.2) is 6.29 Å². The Labute approximate surface area is 193 Å². The van der Waals surface area contributed by atoms with Crippen LogP contribution in [-0.4, -0.2) is 40.7 Å².